The Morgan fingerprint density at radius 1 is 1.03 bits per heavy atom. The van der Waals surface area contributed by atoms with E-state index in [0.717, 1.165) is 11.3 Å². The fourth-order valence-corrected chi connectivity index (χ4v) is 3.65. The molecule has 3 aromatic carbocycles. The summed E-state index contributed by atoms with van der Waals surface area (Å²) in [5.74, 6) is -0.525. The standard InChI is InChI=1S/C26H23N5O4/c1-17-8-9-19(26(33)27-2)14-23(17)28-24(32)15-20-16-30(21-6-4-3-5-7-21)29-25(20)18-10-12-22(13-11-18)31(34)35/h3-14,16H,15H2,1-2H3,(H,27,33)(H,28,32). The van der Waals surface area contributed by atoms with Crippen molar-refractivity contribution in [1.82, 2.24) is 15.1 Å². The van der Waals surface area contributed by atoms with Crippen molar-refractivity contribution in [3.63, 3.8) is 0 Å². The van der Waals surface area contributed by atoms with Gasteiger partial charge in [0, 0.05) is 47.8 Å². The number of amides is 2. The number of anilines is 1. The average molecular weight is 470 g/mol. The number of hydrogen-bond acceptors (Lipinski definition) is 5. The zero-order valence-corrected chi connectivity index (χ0v) is 19.2. The van der Waals surface area contributed by atoms with Gasteiger partial charge in [0.05, 0.1) is 22.7 Å². The molecule has 0 aliphatic carbocycles. The van der Waals surface area contributed by atoms with E-state index in [-0.39, 0.29) is 23.9 Å². The van der Waals surface area contributed by atoms with Crippen LogP contribution in [0.15, 0.2) is 79.0 Å². The topological polar surface area (TPSA) is 119 Å². The van der Waals surface area contributed by atoms with Crippen LogP contribution in [0.2, 0.25) is 0 Å². The van der Waals surface area contributed by atoms with Crippen LogP contribution in [0, 0.1) is 17.0 Å². The van der Waals surface area contributed by atoms with E-state index in [1.165, 1.54) is 12.1 Å². The lowest BCUT2D eigenvalue weighted by molar-refractivity contribution is -0.384. The Morgan fingerprint density at radius 3 is 2.40 bits per heavy atom. The van der Waals surface area contributed by atoms with E-state index in [9.17, 15) is 19.7 Å². The molecule has 0 spiro atoms. The van der Waals surface area contributed by atoms with Crippen molar-refractivity contribution in [2.45, 2.75) is 13.3 Å². The molecule has 9 heteroatoms. The number of aryl methyl sites for hydroxylation is 1. The van der Waals surface area contributed by atoms with Gasteiger partial charge in [-0.25, -0.2) is 4.68 Å². The predicted octanol–water partition coefficient (Wildman–Crippen LogP) is 4.30. The van der Waals surface area contributed by atoms with Crippen LogP contribution >= 0.6 is 0 Å². The highest BCUT2D eigenvalue weighted by molar-refractivity contribution is 5.98. The molecule has 0 saturated heterocycles. The Bertz CT molecular complexity index is 1400. The minimum atomic E-state index is -0.462. The summed E-state index contributed by atoms with van der Waals surface area (Å²) >= 11 is 0. The molecule has 0 aliphatic rings. The Morgan fingerprint density at radius 2 is 1.74 bits per heavy atom. The molecule has 0 aliphatic heterocycles. The summed E-state index contributed by atoms with van der Waals surface area (Å²) < 4.78 is 1.68. The summed E-state index contributed by atoms with van der Waals surface area (Å²) in [7, 11) is 1.55. The third-order valence-electron chi connectivity index (χ3n) is 5.51. The SMILES string of the molecule is CNC(=O)c1ccc(C)c(NC(=O)Cc2cn(-c3ccccc3)nc2-c2ccc([N+](=O)[O-])cc2)c1. The van der Waals surface area contributed by atoms with Gasteiger partial charge < -0.3 is 10.6 Å². The molecule has 176 valence electrons. The summed E-state index contributed by atoms with van der Waals surface area (Å²) in [6.45, 7) is 1.85. The summed E-state index contributed by atoms with van der Waals surface area (Å²) in [5.41, 5.74) is 4.46. The normalized spacial score (nSPS) is 10.6. The molecule has 0 unspecified atom stereocenters. The number of nitro benzene ring substituents is 1. The van der Waals surface area contributed by atoms with E-state index in [0.29, 0.717) is 28.1 Å². The minimum absolute atomic E-state index is 0.0167. The molecule has 9 nitrogen and oxygen atoms in total. The predicted molar refractivity (Wildman–Crippen MR) is 133 cm³/mol. The number of carbonyl (C=O) groups excluding carboxylic acids is 2. The van der Waals surface area contributed by atoms with Crippen LogP contribution in [0.3, 0.4) is 0 Å². The molecule has 0 radical (unpaired) electrons. The van der Waals surface area contributed by atoms with E-state index in [2.05, 4.69) is 15.7 Å². The maximum atomic E-state index is 13.0. The molecule has 0 atom stereocenters. The molecule has 4 rings (SSSR count). The molecule has 0 fully saturated rings. The number of benzene rings is 3. The van der Waals surface area contributed by atoms with Gasteiger partial charge in [-0.1, -0.05) is 24.3 Å². The number of hydrogen-bond donors (Lipinski definition) is 2. The summed E-state index contributed by atoms with van der Waals surface area (Å²) in [4.78, 5) is 35.6. The number of carbonyl (C=O) groups is 2. The molecule has 4 aromatic rings. The lowest BCUT2D eigenvalue weighted by Crippen LogP contribution is -2.19. The number of nitrogens with zero attached hydrogens (tertiary/aromatic N) is 3. The number of para-hydroxylation sites is 1. The Balaban J connectivity index is 1.65. The molecule has 1 aromatic heterocycles. The van der Waals surface area contributed by atoms with Crippen LogP contribution in [-0.4, -0.2) is 33.6 Å². The van der Waals surface area contributed by atoms with Crippen molar-refractivity contribution in [3.05, 3.63) is 106 Å². The highest BCUT2D eigenvalue weighted by atomic mass is 16.6. The molecule has 35 heavy (non-hydrogen) atoms. The smallest absolute Gasteiger partial charge is 0.269 e. The van der Waals surface area contributed by atoms with Crippen molar-refractivity contribution >= 4 is 23.2 Å². The Kier molecular flexibility index (Phi) is 6.68. The first-order valence-electron chi connectivity index (χ1n) is 10.9. The second-order valence-corrected chi connectivity index (χ2v) is 7.92. The number of nitro groups is 1. The zero-order valence-electron chi connectivity index (χ0n) is 19.2. The number of aromatic nitrogens is 2. The van der Waals surface area contributed by atoms with Gasteiger partial charge in [0.15, 0.2) is 0 Å². The summed E-state index contributed by atoms with van der Waals surface area (Å²) in [5, 5.41) is 21.2. The van der Waals surface area contributed by atoms with Crippen LogP contribution in [0.1, 0.15) is 21.5 Å². The fourth-order valence-electron chi connectivity index (χ4n) is 3.65. The van der Waals surface area contributed by atoms with Gasteiger partial charge in [-0.05, 0) is 48.9 Å². The van der Waals surface area contributed by atoms with Crippen LogP contribution < -0.4 is 10.6 Å². The van der Waals surface area contributed by atoms with Gasteiger partial charge in [0.1, 0.15) is 0 Å². The molecule has 2 amide bonds. The highest BCUT2D eigenvalue weighted by Gasteiger charge is 2.18. The van der Waals surface area contributed by atoms with Gasteiger partial charge in [0.2, 0.25) is 5.91 Å². The van der Waals surface area contributed by atoms with E-state index in [1.54, 1.807) is 48.3 Å². The van der Waals surface area contributed by atoms with Gasteiger partial charge in [-0.15, -0.1) is 0 Å². The number of non-ortho nitro benzene ring substituents is 1. The van der Waals surface area contributed by atoms with E-state index in [1.807, 2.05) is 37.3 Å². The molecular formula is C26H23N5O4. The van der Waals surface area contributed by atoms with Gasteiger partial charge in [-0.3, -0.25) is 19.7 Å². The summed E-state index contributed by atoms with van der Waals surface area (Å²) in [6, 6.07) is 20.6. The first-order valence-corrected chi connectivity index (χ1v) is 10.9. The third-order valence-corrected chi connectivity index (χ3v) is 5.51. The van der Waals surface area contributed by atoms with Crippen LogP contribution in [0.5, 0.6) is 0 Å². The van der Waals surface area contributed by atoms with Gasteiger partial charge in [-0.2, -0.15) is 5.10 Å². The Labute approximate surface area is 201 Å². The average Bonchev–Trinajstić information content (AvgIpc) is 3.29. The van der Waals surface area contributed by atoms with Crippen molar-refractivity contribution in [3.8, 4) is 16.9 Å². The van der Waals surface area contributed by atoms with Gasteiger partial charge >= 0.3 is 0 Å². The van der Waals surface area contributed by atoms with E-state index >= 15 is 0 Å². The quantitative estimate of drug-likeness (QED) is 0.309. The first-order chi connectivity index (χ1) is 16.9. The fraction of sp³-hybridized carbons (Fsp3) is 0.115. The van der Waals surface area contributed by atoms with E-state index in [4.69, 9.17) is 0 Å². The maximum absolute atomic E-state index is 13.0. The minimum Gasteiger partial charge on any atom is -0.355 e. The van der Waals surface area contributed by atoms with E-state index < -0.39 is 4.92 Å². The second kappa shape index (κ2) is 10.0. The first kappa shape index (κ1) is 23.4. The zero-order chi connectivity index (χ0) is 24.9. The molecule has 2 N–H and O–H groups in total. The number of rotatable bonds is 7. The molecule has 0 saturated carbocycles. The van der Waals surface area contributed by atoms with Crippen LogP contribution in [-0.2, 0) is 11.2 Å². The van der Waals surface area contributed by atoms with Crippen molar-refractivity contribution < 1.29 is 14.5 Å². The largest absolute Gasteiger partial charge is 0.355 e. The van der Waals surface area contributed by atoms with Crippen molar-refractivity contribution in [1.29, 1.82) is 0 Å². The highest BCUT2D eigenvalue weighted by Crippen LogP contribution is 2.27. The molecule has 0 bridgehead atoms. The number of nitrogens with one attached hydrogen (secondary N) is 2. The molecular weight excluding hydrogens is 446 g/mol. The lowest BCUT2D eigenvalue weighted by Gasteiger charge is -2.10. The Hall–Kier alpha value is -4.79. The van der Waals surface area contributed by atoms with Crippen molar-refractivity contribution in [2.75, 3.05) is 12.4 Å². The van der Waals surface area contributed by atoms with Crippen LogP contribution in [0.25, 0.3) is 16.9 Å². The second-order valence-electron chi connectivity index (χ2n) is 7.92. The maximum Gasteiger partial charge on any atom is 0.269 e. The van der Waals surface area contributed by atoms with Crippen LogP contribution in [0.4, 0.5) is 11.4 Å². The lowest BCUT2D eigenvalue weighted by atomic mass is 10.0. The monoisotopic (exact) mass is 469 g/mol. The summed E-state index contributed by atoms with van der Waals surface area (Å²) in [6.07, 6.45) is 1.79. The molecule has 1 heterocycles. The third kappa shape index (κ3) is 5.25. The van der Waals surface area contributed by atoms with Crippen molar-refractivity contribution in [2.24, 2.45) is 0 Å². The van der Waals surface area contributed by atoms with Gasteiger partial charge in [0.25, 0.3) is 11.6 Å².